The summed E-state index contributed by atoms with van der Waals surface area (Å²) in [5.74, 6) is 0.0522. The number of nitrogens with zero attached hydrogens (tertiary/aromatic N) is 5. The van der Waals surface area contributed by atoms with E-state index in [1.54, 1.807) is 30.3 Å². The second-order valence-electron chi connectivity index (χ2n) is 11.3. The number of furan rings is 1. The van der Waals surface area contributed by atoms with Crippen LogP contribution in [0.3, 0.4) is 0 Å². The second-order valence-corrected chi connectivity index (χ2v) is 11.3. The molecule has 0 radical (unpaired) electrons. The van der Waals surface area contributed by atoms with E-state index in [9.17, 15) is 19.6 Å². The fourth-order valence-corrected chi connectivity index (χ4v) is 6.12. The first kappa shape index (κ1) is 28.0. The van der Waals surface area contributed by atoms with Crippen molar-refractivity contribution in [3.63, 3.8) is 0 Å². The number of carboxylic acid groups (broad SMARTS) is 1. The molecule has 0 bridgehead atoms. The fourth-order valence-electron chi connectivity index (χ4n) is 6.12. The molecule has 1 unspecified atom stereocenters. The number of carboxylic acids is 1. The SMILES string of the molecule is N#Cc1cc(F)c(COc2cccc(C3CCN(Cc4nc5ccc(C(=O)O)cc5n4CC4CCO4)CC3)n2)c2occc12. The van der Waals surface area contributed by atoms with Gasteiger partial charge in [-0.15, -0.1) is 0 Å². The zero-order chi connectivity index (χ0) is 30.2. The van der Waals surface area contributed by atoms with Crippen LogP contribution in [-0.4, -0.2) is 56.3 Å². The molecule has 0 spiro atoms. The molecule has 2 aliphatic rings. The molecule has 224 valence electrons. The van der Waals surface area contributed by atoms with E-state index in [1.165, 1.54) is 12.3 Å². The van der Waals surface area contributed by atoms with E-state index >= 15 is 0 Å². The Bertz CT molecular complexity index is 1900. The van der Waals surface area contributed by atoms with E-state index in [0.29, 0.717) is 29.9 Å². The predicted molar refractivity (Wildman–Crippen MR) is 158 cm³/mol. The molecular weight excluding hydrogens is 565 g/mol. The first-order valence-electron chi connectivity index (χ1n) is 14.7. The molecule has 3 aromatic heterocycles. The molecule has 44 heavy (non-hydrogen) atoms. The molecule has 2 fully saturated rings. The molecule has 10 nitrogen and oxygen atoms in total. The molecule has 1 N–H and O–H groups in total. The van der Waals surface area contributed by atoms with Crippen LogP contribution in [0.5, 0.6) is 5.88 Å². The third-order valence-electron chi connectivity index (χ3n) is 8.64. The Morgan fingerprint density at radius 2 is 1.98 bits per heavy atom. The summed E-state index contributed by atoms with van der Waals surface area (Å²) in [4.78, 5) is 23.6. The van der Waals surface area contributed by atoms with Crippen LogP contribution in [0.25, 0.3) is 22.0 Å². The topological polar surface area (TPSA) is 127 Å². The minimum atomic E-state index is -0.956. The number of aromatic carboxylic acids is 1. The van der Waals surface area contributed by atoms with Gasteiger partial charge >= 0.3 is 5.97 Å². The van der Waals surface area contributed by atoms with E-state index in [0.717, 1.165) is 61.5 Å². The maximum absolute atomic E-state index is 14.8. The first-order valence-corrected chi connectivity index (χ1v) is 14.7. The summed E-state index contributed by atoms with van der Waals surface area (Å²) in [5.41, 5.74) is 3.56. The fraction of sp³-hybridized carbons (Fsp3) is 0.333. The van der Waals surface area contributed by atoms with Gasteiger partial charge in [-0.05, 0) is 68.8 Å². The standard InChI is InChI=1S/C33H30FN5O5/c34-26-14-22(16-35)24-9-13-43-32(24)25(26)19-44-31-3-1-2-27(37-31)20-6-10-38(11-7-20)18-30-36-28-5-4-21(33(40)41)15-29(28)39(30)17-23-8-12-42-23/h1-5,9,13-15,20,23H,6-8,10-12,17-19H2,(H,40,41). The molecule has 2 saturated heterocycles. The highest BCUT2D eigenvalue weighted by atomic mass is 19.1. The van der Waals surface area contributed by atoms with Gasteiger partial charge in [-0.2, -0.15) is 5.26 Å². The number of piperidine rings is 1. The Hall–Kier alpha value is -4.79. The average Bonchev–Trinajstić information content (AvgIpc) is 3.63. The number of aromatic nitrogens is 3. The lowest BCUT2D eigenvalue weighted by Gasteiger charge is -2.32. The molecule has 0 amide bonds. The van der Waals surface area contributed by atoms with E-state index < -0.39 is 11.8 Å². The number of hydrogen-bond donors (Lipinski definition) is 1. The van der Waals surface area contributed by atoms with Crippen molar-refractivity contribution in [1.82, 2.24) is 19.4 Å². The third-order valence-corrected chi connectivity index (χ3v) is 8.64. The smallest absolute Gasteiger partial charge is 0.335 e. The lowest BCUT2D eigenvalue weighted by atomic mass is 9.93. The lowest BCUT2D eigenvalue weighted by Crippen LogP contribution is -2.35. The predicted octanol–water partition coefficient (Wildman–Crippen LogP) is 5.63. The van der Waals surface area contributed by atoms with Crippen molar-refractivity contribution in [2.75, 3.05) is 19.7 Å². The normalized spacial score (nSPS) is 17.5. The number of nitriles is 1. The summed E-state index contributed by atoms with van der Waals surface area (Å²) in [6.45, 7) is 3.70. The number of halogens is 1. The minimum Gasteiger partial charge on any atom is -0.478 e. The number of likely N-dealkylation sites (tertiary alicyclic amines) is 1. The van der Waals surface area contributed by atoms with Crippen LogP contribution < -0.4 is 4.74 Å². The number of carbonyl (C=O) groups is 1. The maximum Gasteiger partial charge on any atom is 0.335 e. The molecule has 2 aliphatic heterocycles. The van der Waals surface area contributed by atoms with Crippen LogP contribution in [-0.2, 0) is 24.4 Å². The van der Waals surface area contributed by atoms with Gasteiger partial charge in [0.25, 0.3) is 0 Å². The Morgan fingerprint density at radius 3 is 2.73 bits per heavy atom. The quantitative estimate of drug-likeness (QED) is 0.231. The van der Waals surface area contributed by atoms with E-state index in [4.69, 9.17) is 23.9 Å². The van der Waals surface area contributed by atoms with Gasteiger partial charge in [0.15, 0.2) is 0 Å². The van der Waals surface area contributed by atoms with Crippen molar-refractivity contribution < 1.29 is 28.2 Å². The van der Waals surface area contributed by atoms with Crippen molar-refractivity contribution >= 4 is 28.0 Å². The summed E-state index contributed by atoms with van der Waals surface area (Å²) >= 11 is 0. The summed E-state index contributed by atoms with van der Waals surface area (Å²) in [5, 5.41) is 19.4. The van der Waals surface area contributed by atoms with Gasteiger partial charge in [0, 0.05) is 29.7 Å². The summed E-state index contributed by atoms with van der Waals surface area (Å²) in [7, 11) is 0. The highest BCUT2D eigenvalue weighted by Crippen LogP contribution is 2.31. The number of fused-ring (bicyclic) bond motifs is 2. The highest BCUT2D eigenvalue weighted by Gasteiger charge is 2.26. The molecule has 0 saturated carbocycles. The zero-order valence-corrected chi connectivity index (χ0v) is 23.9. The Morgan fingerprint density at radius 1 is 1.14 bits per heavy atom. The van der Waals surface area contributed by atoms with E-state index in [1.807, 2.05) is 18.2 Å². The van der Waals surface area contributed by atoms with Crippen molar-refractivity contribution in [2.24, 2.45) is 0 Å². The summed E-state index contributed by atoms with van der Waals surface area (Å²) in [6.07, 6.45) is 4.34. The summed E-state index contributed by atoms with van der Waals surface area (Å²) in [6, 6.07) is 15.6. The van der Waals surface area contributed by atoms with Gasteiger partial charge < -0.3 is 23.6 Å². The maximum atomic E-state index is 14.8. The number of rotatable bonds is 9. The van der Waals surface area contributed by atoms with Gasteiger partial charge in [0.1, 0.15) is 23.8 Å². The molecule has 7 rings (SSSR count). The highest BCUT2D eigenvalue weighted by molar-refractivity contribution is 5.92. The third kappa shape index (κ3) is 5.38. The molecule has 5 aromatic rings. The monoisotopic (exact) mass is 595 g/mol. The van der Waals surface area contributed by atoms with Gasteiger partial charge in [-0.3, -0.25) is 4.90 Å². The second kappa shape index (κ2) is 11.7. The van der Waals surface area contributed by atoms with Gasteiger partial charge in [0.2, 0.25) is 5.88 Å². The van der Waals surface area contributed by atoms with Gasteiger partial charge in [-0.1, -0.05) is 6.07 Å². The van der Waals surface area contributed by atoms with Crippen molar-refractivity contribution in [1.29, 1.82) is 5.26 Å². The molecular formula is C33H30FN5O5. The molecule has 0 aliphatic carbocycles. The number of pyridine rings is 1. The number of imidazole rings is 1. The Labute approximate surface area is 252 Å². The molecule has 2 aromatic carbocycles. The Balaban J connectivity index is 1.02. The van der Waals surface area contributed by atoms with Crippen LogP contribution in [0.15, 0.2) is 59.2 Å². The summed E-state index contributed by atoms with van der Waals surface area (Å²) < 4.78 is 34.0. The van der Waals surface area contributed by atoms with Crippen LogP contribution in [0.2, 0.25) is 0 Å². The van der Waals surface area contributed by atoms with E-state index in [2.05, 4.69) is 9.47 Å². The van der Waals surface area contributed by atoms with Crippen LogP contribution in [0.4, 0.5) is 4.39 Å². The van der Waals surface area contributed by atoms with Crippen LogP contribution in [0.1, 0.15) is 58.2 Å². The van der Waals surface area contributed by atoms with E-state index in [-0.39, 0.29) is 35.3 Å². The van der Waals surface area contributed by atoms with Crippen molar-refractivity contribution in [3.8, 4) is 11.9 Å². The first-order chi connectivity index (χ1) is 21.5. The van der Waals surface area contributed by atoms with Crippen LogP contribution >= 0.6 is 0 Å². The van der Waals surface area contributed by atoms with Gasteiger partial charge in [-0.25, -0.2) is 19.2 Å². The van der Waals surface area contributed by atoms with Crippen molar-refractivity contribution in [2.45, 2.75) is 51.0 Å². The zero-order valence-electron chi connectivity index (χ0n) is 23.9. The average molecular weight is 596 g/mol. The lowest BCUT2D eigenvalue weighted by molar-refractivity contribution is -0.0592. The molecule has 1 atom stereocenters. The minimum absolute atomic E-state index is 0.0721. The van der Waals surface area contributed by atoms with Crippen LogP contribution in [0, 0.1) is 17.1 Å². The molecule has 11 heteroatoms. The Kier molecular flexibility index (Phi) is 7.46. The number of ether oxygens (including phenoxy) is 2. The van der Waals surface area contributed by atoms with Gasteiger partial charge in [0.05, 0.1) is 59.2 Å². The largest absolute Gasteiger partial charge is 0.478 e. The number of benzene rings is 2. The van der Waals surface area contributed by atoms with Crippen molar-refractivity contribution in [3.05, 3.63) is 88.8 Å². The number of hydrogen-bond acceptors (Lipinski definition) is 8. The molecule has 5 heterocycles.